The average Bonchev–Trinajstić information content (AvgIpc) is 2.89. The highest BCUT2D eigenvalue weighted by Gasteiger charge is 2.45. The van der Waals surface area contributed by atoms with E-state index in [1.807, 2.05) is 40.7 Å². The van der Waals surface area contributed by atoms with E-state index in [4.69, 9.17) is 9.15 Å². The monoisotopic (exact) mass is 308 g/mol. The predicted molar refractivity (Wildman–Crippen MR) is 80.9 cm³/mol. The standard InChI is InChI=1S/C16H24N2O4/c1-6-12-10-16(20,13-17-7-8-21-13)9-11(2)18(12)14(19)22-15(3,4)5/h6-8,11,20H,9-10H2,1-5H3/b12-6-. The van der Waals surface area contributed by atoms with Crippen LogP contribution in [0.5, 0.6) is 0 Å². The number of rotatable bonds is 1. The number of hydrogen-bond acceptors (Lipinski definition) is 5. The summed E-state index contributed by atoms with van der Waals surface area (Å²) in [5.41, 5.74) is -1.07. The first-order valence-electron chi connectivity index (χ1n) is 7.46. The molecule has 2 atom stereocenters. The van der Waals surface area contributed by atoms with Crippen LogP contribution in [0.2, 0.25) is 0 Å². The fraction of sp³-hybridized carbons (Fsp3) is 0.625. The highest BCUT2D eigenvalue weighted by molar-refractivity contribution is 5.71. The smallest absolute Gasteiger partial charge is 0.414 e. The fourth-order valence-electron chi connectivity index (χ4n) is 2.79. The van der Waals surface area contributed by atoms with Crippen molar-refractivity contribution in [3.63, 3.8) is 0 Å². The molecule has 1 N–H and O–H groups in total. The van der Waals surface area contributed by atoms with Crippen LogP contribution in [-0.4, -0.2) is 32.7 Å². The normalized spacial score (nSPS) is 28.0. The van der Waals surface area contributed by atoms with Gasteiger partial charge >= 0.3 is 6.09 Å². The summed E-state index contributed by atoms with van der Waals surface area (Å²) in [5.74, 6) is 0.280. The van der Waals surface area contributed by atoms with Gasteiger partial charge in [-0.1, -0.05) is 6.08 Å². The molecule has 22 heavy (non-hydrogen) atoms. The van der Waals surface area contributed by atoms with Crippen LogP contribution in [0.25, 0.3) is 0 Å². The van der Waals surface area contributed by atoms with Crippen LogP contribution in [0.4, 0.5) is 4.79 Å². The van der Waals surface area contributed by atoms with Crippen LogP contribution < -0.4 is 0 Å². The second-order valence-corrected chi connectivity index (χ2v) is 6.73. The molecule has 0 radical (unpaired) electrons. The highest BCUT2D eigenvalue weighted by Crippen LogP contribution is 2.40. The summed E-state index contributed by atoms with van der Waals surface area (Å²) in [6.45, 7) is 9.20. The lowest BCUT2D eigenvalue weighted by molar-refractivity contribution is -0.0516. The fourth-order valence-corrected chi connectivity index (χ4v) is 2.79. The lowest BCUT2D eigenvalue weighted by Crippen LogP contribution is -2.50. The Morgan fingerprint density at radius 3 is 2.77 bits per heavy atom. The summed E-state index contributed by atoms with van der Waals surface area (Å²) in [5, 5.41) is 10.9. The molecule has 1 amide bonds. The van der Waals surface area contributed by atoms with Gasteiger partial charge in [-0.25, -0.2) is 9.78 Å². The molecule has 1 aromatic heterocycles. The maximum Gasteiger partial charge on any atom is 0.414 e. The number of piperidine rings is 1. The van der Waals surface area contributed by atoms with Gasteiger partial charge in [0.25, 0.3) is 0 Å². The average molecular weight is 308 g/mol. The second-order valence-electron chi connectivity index (χ2n) is 6.73. The van der Waals surface area contributed by atoms with Crippen molar-refractivity contribution in [1.82, 2.24) is 9.88 Å². The number of aliphatic hydroxyl groups is 1. The molecule has 2 rings (SSSR count). The molecule has 1 aromatic rings. The number of likely N-dealkylation sites (tertiary alicyclic amines) is 1. The summed E-state index contributed by atoms with van der Waals surface area (Å²) in [6, 6.07) is -0.230. The van der Waals surface area contributed by atoms with E-state index in [0.29, 0.717) is 12.1 Å². The molecule has 0 aliphatic carbocycles. The molecule has 122 valence electrons. The van der Waals surface area contributed by atoms with E-state index < -0.39 is 17.3 Å². The van der Waals surface area contributed by atoms with Gasteiger partial charge in [-0.05, 0) is 34.6 Å². The first-order chi connectivity index (χ1) is 10.2. The van der Waals surface area contributed by atoms with Gasteiger partial charge in [0, 0.05) is 24.6 Å². The van der Waals surface area contributed by atoms with Crippen molar-refractivity contribution in [1.29, 1.82) is 0 Å². The Balaban J connectivity index is 2.25. The van der Waals surface area contributed by atoms with Crippen LogP contribution in [0.1, 0.15) is 53.4 Å². The molecular weight excluding hydrogens is 284 g/mol. The Hall–Kier alpha value is -1.82. The minimum Gasteiger partial charge on any atom is -0.446 e. The van der Waals surface area contributed by atoms with Crippen LogP contribution in [0, 0.1) is 0 Å². The maximum absolute atomic E-state index is 12.4. The Bertz CT molecular complexity index is 559. The number of amides is 1. The molecule has 0 bridgehead atoms. The zero-order valence-corrected chi connectivity index (χ0v) is 13.8. The van der Waals surface area contributed by atoms with Crippen molar-refractivity contribution in [2.45, 2.75) is 64.7 Å². The third kappa shape index (κ3) is 3.32. The summed E-state index contributed by atoms with van der Waals surface area (Å²) >= 11 is 0. The SMILES string of the molecule is C/C=C1/CC(O)(c2ncco2)CC(C)N1C(=O)OC(C)(C)C. The molecule has 0 spiro atoms. The second kappa shape index (κ2) is 5.76. The summed E-state index contributed by atoms with van der Waals surface area (Å²) in [4.78, 5) is 18.1. The Morgan fingerprint density at radius 2 is 2.27 bits per heavy atom. The van der Waals surface area contributed by atoms with Gasteiger partial charge in [0.15, 0.2) is 0 Å². The minimum atomic E-state index is -1.21. The number of aromatic nitrogens is 1. The zero-order chi connectivity index (χ0) is 16.5. The molecule has 1 saturated heterocycles. The number of carbonyl (C=O) groups is 1. The van der Waals surface area contributed by atoms with Crippen molar-refractivity contribution in [2.24, 2.45) is 0 Å². The van der Waals surface area contributed by atoms with Crippen molar-refractivity contribution in [3.8, 4) is 0 Å². The number of allylic oxidation sites excluding steroid dienone is 1. The molecule has 0 aromatic carbocycles. The molecule has 1 aliphatic heterocycles. The lowest BCUT2D eigenvalue weighted by atomic mass is 9.85. The third-order valence-electron chi connectivity index (χ3n) is 3.61. The summed E-state index contributed by atoms with van der Waals surface area (Å²) in [7, 11) is 0. The van der Waals surface area contributed by atoms with Gasteiger partial charge in [-0.2, -0.15) is 0 Å². The predicted octanol–water partition coefficient (Wildman–Crippen LogP) is 3.19. The quantitative estimate of drug-likeness (QED) is 0.862. The molecule has 1 aliphatic rings. The van der Waals surface area contributed by atoms with E-state index in [0.717, 1.165) is 0 Å². The van der Waals surface area contributed by atoms with Gasteiger partial charge < -0.3 is 14.3 Å². The van der Waals surface area contributed by atoms with E-state index in [-0.39, 0.29) is 18.4 Å². The molecule has 1 fully saturated rings. The first-order valence-corrected chi connectivity index (χ1v) is 7.46. The number of carbonyl (C=O) groups excluding carboxylic acids is 1. The van der Waals surface area contributed by atoms with Crippen LogP contribution in [-0.2, 0) is 10.3 Å². The van der Waals surface area contributed by atoms with Crippen molar-refractivity contribution in [3.05, 3.63) is 30.1 Å². The third-order valence-corrected chi connectivity index (χ3v) is 3.61. The van der Waals surface area contributed by atoms with Crippen LogP contribution in [0.3, 0.4) is 0 Å². The number of ether oxygens (including phenoxy) is 1. The number of hydrogen-bond donors (Lipinski definition) is 1. The van der Waals surface area contributed by atoms with E-state index >= 15 is 0 Å². The van der Waals surface area contributed by atoms with Crippen molar-refractivity contribution >= 4 is 6.09 Å². The van der Waals surface area contributed by atoms with E-state index in [1.54, 1.807) is 4.90 Å². The van der Waals surface area contributed by atoms with Gasteiger partial charge in [-0.3, -0.25) is 4.90 Å². The Labute approximate surface area is 130 Å². The van der Waals surface area contributed by atoms with Crippen LogP contribution >= 0.6 is 0 Å². The first kappa shape index (κ1) is 16.5. The van der Waals surface area contributed by atoms with E-state index in [1.165, 1.54) is 12.5 Å². The number of oxazole rings is 1. The van der Waals surface area contributed by atoms with Gasteiger partial charge in [0.2, 0.25) is 5.89 Å². The zero-order valence-electron chi connectivity index (χ0n) is 13.8. The topological polar surface area (TPSA) is 75.8 Å². The van der Waals surface area contributed by atoms with Crippen molar-refractivity contribution in [2.75, 3.05) is 0 Å². The van der Waals surface area contributed by atoms with Crippen LogP contribution in [0.15, 0.2) is 28.7 Å². The molecule has 2 heterocycles. The van der Waals surface area contributed by atoms with Gasteiger partial charge in [-0.15, -0.1) is 0 Å². The Morgan fingerprint density at radius 1 is 1.59 bits per heavy atom. The van der Waals surface area contributed by atoms with Gasteiger partial charge in [0.05, 0.1) is 6.20 Å². The minimum absolute atomic E-state index is 0.230. The Kier molecular flexibility index (Phi) is 4.33. The molecular formula is C16H24N2O4. The van der Waals surface area contributed by atoms with E-state index in [9.17, 15) is 9.90 Å². The molecule has 6 heteroatoms. The van der Waals surface area contributed by atoms with Gasteiger partial charge in [0.1, 0.15) is 17.5 Å². The number of nitrogens with zero attached hydrogens (tertiary/aromatic N) is 2. The largest absolute Gasteiger partial charge is 0.446 e. The summed E-state index contributed by atoms with van der Waals surface area (Å²) in [6.07, 6.45) is 4.95. The molecule has 6 nitrogen and oxygen atoms in total. The lowest BCUT2D eigenvalue weighted by Gasteiger charge is -2.42. The molecule has 2 unspecified atom stereocenters. The summed E-state index contributed by atoms with van der Waals surface area (Å²) < 4.78 is 10.7. The molecule has 0 saturated carbocycles. The maximum atomic E-state index is 12.4. The van der Waals surface area contributed by atoms with E-state index in [2.05, 4.69) is 4.98 Å². The highest BCUT2D eigenvalue weighted by atomic mass is 16.6. The van der Waals surface area contributed by atoms with Crippen molar-refractivity contribution < 1.29 is 19.1 Å².